The zero-order valence-corrected chi connectivity index (χ0v) is 13.3. The zero-order valence-electron chi connectivity index (χ0n) is 13.3. The highest BCUT2D eigenvalue weighted by Crippen LogP contribution is 2.24. The maximum Gasteiger partial charge on any atom is 0.245 e. The maximum absolute atomic E-state index is 12.6. The summed E-state index contributed by atoms with van der Waals surface area (Å²) in [4.78, 5) is 14.4. The van der Waals surface area contributed by atoms with Crippen LogP contribution in [-0.2, 0) is 4.79 Å². The number of hydrogen-bond acceptors (Lipinski definition) is 3. The van der Waals surface area contributed by atoms with Crippen LogP contribution in [0.3, 0.4) is 0 Å². The predicted molar refractivity (Wildman–Crippen MR) is 83.2 cm³/mol. The quantitative estimate of drug-likeness (QED) is 0.869. The van der Waals surface area contributed by atoms with Gasteiger partial charge in [-0.05, 0) is 46.8 Å². The summed E-state index contributed by atoms with van der Waals surface area (Å²) in [6.45, 7) is 10.0. The normalized spacial score (nSPS) is 12.4. The van der Waals surface area contributed by atoms with Gasteiger partial charge in [-0.1, -0.05) is 12.1 Å². The van der Waals surface area contributed by atoms with Crippen molar-refractivity contribution in [2.45, 2.75) is 52.7 Å². The van der Waals surface area contributed by atoms with Gasteiger partial charge >= 0.3 is 0 Å². The largest absolute Gasteiger partial charge is 0.495 e. The first-order valence-electron chi connectivity index (χ1n) is 7.10. The molecule has 0 saturated heterocycles. The summed E-state index contributed by atoms with van der Waals surface area (Å²) in [5.74, 6) is 0.841. The highest BCUT2D eigenvalue weighted by molar-refractivity contribution is 5.85. The van der Waals surface area contributed by atoms with Crippen molar-refractivity contribution in [2.75, 3.05) is 12.4 Å². The Morgan fingerprint density at radius 2 is 1.65 bits per heavy atom. The van der Waals surface area contributed by atoms with Crippen LogP contribution in [-0.4, -0.2) is 36.0 Å². The lowest BCUT2D eigenvalue weighted by Crippen LogP contribution is -2.48. The van der Waals surface area contributed by atoms with Crippen LogP contribution >= 0.6 is 0 Å². The molecule has 0 radical (unpaired) electrons. The van der Waals surface area contributed by atoms with E-state index in [1.807, 2.05) is 63.8 Å². The van der Waals surface area contributed by atoms with Crippen LogP contribution in [0.15, 0.2) is 24.3 Å². The Labute approximate surface area is 122 Å². The van der Waals surface area contributed by atoms with Gasteiger partial charge in [-0.15, -0.1) is 0 Å². The van der Waals surface area contributed by atoms with Crippen LogP contribution < -0.4 is 10.1 Å². The number of benzene rings is 1. The summed E-state index contributed by atoms with van der Waals surface area (Å²) < 4.78 is 5.29. The van der Waals surface area contributed by atoms with Crippen LogP contribution in [0.1, 0.15) is 34.6 Å². The molecule has 0 bridgehead atoms. The number of anilines is 1. The van der Waals surface area contributed by atoms with Gasteiger partial charge in [-0.25, -0.2) is 0 Å². The molecule has 0 heterocycles. The Hall–Kier alpha value is -1.71. The summed E-state index contributed by atoms with van der Waals surface area (Å²) in [6, 6.07) is 7.69. The Morgan fingerprint density at radius 3 is 2.15 bits per heavy atom. The Kier molecular flexibility index (Phi) is 5.86. The van der Waals surface area contributed by atoms with E-state index in [0.717, 1.165) is 11.4 Å². The van der Waals surface area contributed by atoms with Gasteiger partial charge in [0.05, 0.1) is 12.8 Å². The van der Waals surface area contributed by atoms with Crippen molar-refractivity contribution >= 4 is 11.6 Å². The first-order chi connectivity index (χ1) is 9.38. The van der Waals surface area contributed by atoms with E-state index in [2.05, 4.69) is 5.32 Å². The maximum atomic E-state index is 12.6. The molecule has 0 aliphatic carbocycles. The van der Waals surface area contributed by atoms with Crippen molar-refractivity contribution in [1.29, 1.82) is 0 Å². The molecule has 4 nitrogen and oxygen atoms in total. The third-order valence-corrected chi connectivity index (χ3v) is 3.22. The monoisotopic (exact) mass is 278 g/mol. The molecule has 1 unspecified atom stereocenters. The lowest BCUT2D eigenvalue weighted by molar-refractivity contribution is -0.135. The smallest absolute Gasteiger partial charge is 0.245 e. The van der Waals surface area contributed by atoms with Gasteiger partial charge in [0.15, 0.2) is 0 Å². The summed E-state index contributed by atoms with van der Waals surface area (Å²) >= 11 is 0. The van der Waals surface area contributed by atoms with E-state index < -0.39 is 0 Å². The van der Waals surface area contributed by atoms with E-state index in [-0.39, 0.29) is 24.0 Å². The van der Waals surface area contributed by atoms with Crippen molar-refractivity contribution in [3.8, 4) is 5.75 Å². The molecule has 4 heteroatoms. The van der Waals surface area contributed by atoms with E-state index in [1.165, 1.54) is 0 Å². The molecule has 112 valence electrons. The molecule has 1 atom stereocenters. The highest BCUT2D eigenvalue weighted by Gasteiger charge is 2.25. The molecule has 0 aliphatic heterocycles. The minimum atomic E-state index is -0.295. The van der Waals surface area contributed by atoms with Gasteiger partial charge in [-0.2, -0.15) is 0 Å². The van der Waals surface area contributed by atoms with Gasteiger partial charge in [0.25, 0.3) is 0 Å². The molecule has 0 spiro atoms. The second kappa shape index (κ2) is 7.17. The minimum absolute atomic E-state index is 0.0981. The number of carbonyl (C=O) groups excluding carboxylic acids is 1. The first-order valence-corrected chi connectivity index (χ1v) is 7.10. The van der Waals surface area contributed by atoms with Crippen LogP contribution in [0.4, 0.5) is 5.69 Å². The molecule has 0 aromatic heterocycles. The second-order valence-electron chi connectivity index (χ2n) is 5.50. The summed E-state index contributed by atoms with van der Waals surface area (Å²) in [5, 5.41) is 3.24. The minimum Gasteiger partial charge on any atom is -0.495 e. The molecular formula is C16H26N2O2. The number of nitrogens with zero attached hydrogens (tertiary/aromatic N) is 1. The number of rotatable bonds is 6. The third kappa shape index (κ3) is 3.89. The highest BCUT2D eigenvalue weighted by atomic mass is 16.5. The van der Waals surface area contributed by atoms with E-state index in [9.17, 15) is 4.79 Å². The number of hydrogen-bond donors (Lipinski definition) is 1. The number of carbonyl (C=O) groups is 1. The van der Waals surface area contributed by atoms with E-state index in [0.29, 0.717) is 0 Å². The van der Waals surface area contributed by atoms with Crippen LogP contribution in [0.5, 0.6) is 5.75 Å². The van der Waals surface area contributed by atoms with E-state index in [1.54, 1.807) is 7.11 Å². The zero-order chi connectivity index (χ0) is 15.3. The van der Waals surface area contributed by atoms with Gasteiger partial charge in [-0.3, -0.25) is 4.79 Å². The van der Waals surface area contributed by atoms with E-state index in [4.69, 9.17) is 4.74 Å². The molecule has 1 amide bonds. The van der Waals surface area contributed by atoms with Crippen LogP contribution in [0.2, 0.25) is 0 Å². The van der Waals surface area contributed by atoms with Crippen LogP contribution in [0, 0.1) is 0 Å². The van der Waals surface area contributed by atoms with Crippen molar-refractivity contribution in [2.24, 2.45) is 0 Å². The standard InChI is InChI=1S/C16H26N2O2/c1-11(2)18(12(3)4)16(19)13(5)17-14-9-7-8-10-15(14)20-6/h7-13,17H,1-6H3. The first kappa shape index (κ1) is 16.3. The summed E-state index contributed by atoms with van der Waals surface area (Å²) in [5.41, 5.74) is 0.836. The average molecular weight is 278 g/mol. The van der Waals surface area contributed by atoms with E-state index >= 15 is 0 Å². The Morgan fingerprint density at radius 1 is 1.10 bits per heavy atom. The molecule has 20 heavy (non-hydrogen) atoms. The molecule has 1 N–H and O–H groups in total. The average Bonchev–Trinajstić information content (AvgIpc) is 2.38. The number of para-hydroxylation sites is 2. The molecule has 0 aliphatic rings. The van der Waals surface area contributed by atoms with Gasteiger partial charge < -0.3 is 15.0 Å². The van der Waals surface area contributed by atoms with Gasteiger partial charge in [0.2, 0.25) is 5.91 Å². The van der Waals surface area contributed by atoms with Crippen LogP contribution in [0.25, 0.3) is 0 Å². The number of methoxy groups -OCH3 is 1. The third-order valence-electron chi connectivity index (χ3n) is 3.22. The lowest BCUT2D eigenvalue weighted by Gasteiger charge is -2.33. The summed E-state index contributed by atoms with van der Waals surface area (Å²) in [6.07, 6.45) is 0. The topological polar surface area (TPSA) is 41.6 Å². The molecular weight excluding hydrogens is 252 g/mol. The Bertz CT molecular complexity index is 436. The number of amides is 1. The second-order valence-corrected chi connectivity index (χ2v) is 5.50. The number of ether oxygens (including phenoxy) is 1. The molecule has 0 saturated carbocycles. The SMILES string of the molecule is COc1ccccc1NC(C)C(=O)N(C(C)C)C(C)C. The van der Waals surface area contributed by atoms with Crippen molar-refractivity contribution in [3.63, 3.8) is 0 Å². The van der Waals surface area contributed by atoms with Gasteiger partial charge in [0.1, 0.15) is 11.8 Å². The Balaban J connectivity index is 2.84. The predicted octanol–water partition coefficient (Wildman–Crippen LogP) is 3.14. The summed E-state index contributed by atoms with van der Waals surface area (Å²) in [7, 11) is 1.63. The van der Waals surface area contributed by atoms with Crippen molar-refractivity contribution < 1.29 is 9.53 Å². The molecule has 1 rings (SSSR count). The fraction of sp³-hybridized carbons (Fsp3) is 0.562. The molecule has 1 aromatic carbocycles. The van der Waals surface area contributed by atoms with Gasteiger partial charge in [0, 0.05) is 12.1 Å². The number of nitrogens with one attached hydrogen (secondary N) is 1. The lowest BCUT2D eigenvalue weighted by atomic mass is 10.1. The molecule has 1 aromatic rings. The van der Waals surface area contributed by atoms with Crippen molar-refractivity contribution in [3.05, 3.63) is 24.3 Å². The molecule has 0 fully saturated rings. The fourth-order valence-corrected chi connectivity index (χ4v) is 2.39. The fourth-order valence-electron chi connectivity index (χ4n) is 2.39. The van der Waals surface area contributed by atoms with Crippen molar-refractivity contribution in [1.82, 2.24) is 4.90 Å².